The summed E-state index contributed by atoms with van der Waals surface area (Å²) in [6.07, 6.45) is 5.48. The fourth-order valence-electron chi connectivity index (χ4n) is 3.92. The van der Waals surface area contributed by atoms with E-state index >= 15 is 0 Å². The number of aryl methyl sites for hydroxylation is 1. The predicted octanol–water partition coefficient (Wildman–Crippen LogP) is 2.93. The average molecular weight is 366 g/mol. The van der Waals surface area contributed by atoms with E-state index < -0.39 is 5.91 Å². The fourth-order valence-corrected chi connectivity index (χ4v) is 3.92. The van der Waals surface area contributed by atoms with Crippen molar-refractivity contribution in [3.63, 3.8) is 0 Å². The summed E-state index contributed by atoms with van der Waals surface area (Å²) in [7, 11) is 0. The molecule has 0 atom stereocenters. The van der Waals surface area contributed by atoms with Crippen LogP contribution in [0.2, 0.25) is 0 Å². The largest absolute Gasteiger partial charge is 0.504 e. The summed E-state index contributed by atoms with van der Waals surface area (Å²) in [5, 5.41) is 9.88. The maximum absolute atomic E-state index is 11.5. The first kappa shape index (κ1) is 17.8. The van der Waals surface area contributed by atoms with E-state index in [4.69, 9.17) is 5.73 Å². The molecule has 6 nitrogen and oxygen atoms in total. The van der Waals surface area contributed by atoms with E-state index in [-0.39, 0.29) is 11.4 Å². The first-order valence-electron chi connectivity index (χ1n) is 9.72. The summed E-state index contributed by atoms with van der Waals surface area (Å²) in [5.41, 5.74) is 8.40. The molecule has 142 valence electrons. The minimum Gasteiger partial charge on any atom is -0.504 e. The van der Waals surface area contributed by atoms with Gasteiger partial charge in [0.1, 0.15) is 5.82 Å². The number of anilines is 1. The lowest BCUT2D eigenvalue weighted by Gasteiger charge is -2.33. The predicted molar refractivity (Wildman–Crippen MR) is 104 cm³/mol. The summed E-state index contributed by atoms with van der Waals surface area (Å²) in [5.74, 6) is 0.922. The number of benzene rings is 1. The molecule has 1 aliphatic heterocycles. The van der Waals surface area contributed by atoms with E-state index in [9.17, 15) is 9.90 Å². The number of hydrogen-bond donors (Lipinski definition) is 2. The second kappa shape index (κ2) is 7.18. The molecule has 0 radical (unpaired) electrons. The summed E-state index contributed by atoms with van der Waals surface area (Å²) in [6.45, 7) is 3.68. The molecule has 2 heterocycles. The Morgan fingerprint density at radius 2 is 1.81 bits per heavy atom. The van der Waals surface area contributed by atoms with E-state index in [0.29, 0.717) is 23.9 Å². The SMILES string of the molecule is Cc1nc(CC2CCN(c3ccc(C4CC4)cc3)CC2)nc(C(N)=O)c1O. The van der Waals surface area contributed by atoms with Gasteiger partial charge in [0.2, 0.25) is 0 Å². The van der Waals surface area contributed by atoms with Gasteiger partial charge in [-0.1, -0.05) is 12.1 Å². The smallest absolute Gasteiger partial charge is 0.271 e. The van der Waals surface area contributed by atoms with Crippen LogP contribution in [0.1, 0.15) is 59.2 Å². The molecule has 1 aromatic heterocycles. The Hall–Kier alpha value is -2.63. The molecule has 3 N–H and O–H groups in total. The maximum atomic E-state index is 11.5. The molecular weight excluding hydrogens is 340 g/mol. The number of piperidine rings is 1. The lowest BCUT2D eigenvalue weighted by molar-refractivity contribution is 0.0992. The van der Waals surface area contributed by atoms with Crippen LogP contribution in [0.25, 0.3) is 0 Å². The van der Waals surface area contributed by atoms with Gasteiger partial charge in [-0.15, -0.1) is 0 Å². The normalized spacial score (nSPS) is 17.9. The molecule has 1 aliphatic carbocycles. The highest BCUT2D eigenvalue weighted by atomic mass is 16.3. The lowest BCUT2D eigenvalue weighted by Crippen LogP contribution is -2.34. The van der Waals surface area contributed by atoms with Crippen molar-refractivity contribution in [2.24, 2.45) is 11.7 Å². The van der Waals surface area contributed by atoms with E-state index in [0.717, 1.165) is 31.8 Å². The molecule has 1 aromatic carbocycles. The number of primary amides is 1. The molecule has 1 saturated heterocycles. The van der Waals surface area contributed by atoms with Crippen molar-refractivity contribution in [3.8, 4) is 5.75 Å². The highest BCUT2D eigenvalue weighted by Gasteiger charge is 2.25. The number of amides is 1. The van der Waals surface area contributed by atoms with Gasteiger partial charge in [0.15, 0.2) is 11.4 Å². The molecule has 0 bridgehead atoms. The number of carbonyl (C=O) groups is 1. The van der Waals surface area contributed by atoms with Crippen LogP contribution in [0.15, 0.2) is 24.3 Å². The first-order valence-corrected chi connectivity index (χ1v) is 9.72. The van der Waals surface area contributed by atoms with Crippen molar-refractivity contribution in [1.29, 1.82) is 0 Å². The highest BCUT2D eigenvalue weighted by molar-refractivity contribution is 5.93. The Morgan fingerprint density at radius 1 is 1.15 bits per heavy atom. The Labute approximate surface area is 159 Å². The Kier molecular flexibility index (Phi) is 4.72. The Balaban J connectivity index is 1.37. The Morgan fingerprint density at radius 3 is 2.41 bits per heavy atom. The third-order valence-electron chi connectivity index (χ3n) is 5.73. The zero-order chi connectivity index (χ0) is 19.0. The number of rotatable bonds is 5. The molecule has 6 heteroatoms. The molecule has 1 amide bonds. The van der Waals surface area contributed by atoms with Gasteiger partial charge in [-0.05, 0) is 62.1 Å². The van der Waals surface area contributed by atoms with Gasteiger partial charge in [-0.25, -0.2) is 9.97 Å². The minimum atomic E-state index is -0.719. The zero-order valence-electron chi connectivity index (χ0n) is 15.7. The minimum absolute atomic E-state index is 0.0781. The van der Waals surface area contributed by atoms with Gasteiger partial charge in [0.05, 0.1) is 5.69 Å². The van der Waals surface area contributed by atoms with Crippen LogP contribution in [-0.2, 0) is 6.42 Å². The lowest BCUT2D eigenvalue weighted by atomic mass is 9.92. The summed E-state index contributed by atoms with van der Waals surface area (Å²) >= 11 is 0. The summed E-state index contributed by atoms with van der Waals surface area (Å²) in [4.78, 5) is 22.4. The number of nitrogens with zero attached hydrogens (tertiary/aromatic N) is 3. The van der Waals surface area contributed by atoms with Crippen LogP contribution in [-0.4, -0.2) is 34.1 Å². The van der Waals surface area contributed by atoms with Gasteiger partial charge >= 0.3 is 0 Å². The molecule has 2 aliphatic rings. The van der Waals surface area contributed by atoms with Crippen LogP contribution in [0.5, 0.6) is 5.75 Å². The second-order valence-electron chi connectivity index (χ2n) is 7.79. The topological polar surface area (TPSA) is 92.3 Å². The number of aromatic hydroxyl groups is 1. The third-order valence-corrected chi connectivity index (χ3v) is 5.73. The van der Waals surface area contributed by atoms with Crippen molar-refractivity contribution in [2.45, 2.75) is 44.9 Å². The van der Waals surface area contributed by atoms with Gasteiger partial charge in [0, 0.05) is 25.2 Å². The molecule has 0 spiro atoms. The molecular formula is C21H26N4O2. The molecule has 27 heavy (non-hydrogen) atoms. The van der Waals surface area contributed by atoms with E-state index in [1.165, 1.54) is 24.1 Å². The second-order valence-corrected chi connectivity index (χ2v) is 7.79. The number of carbonyl (C=O) groups excluding carboxylic acids is 1. The van der Waals surface area contributed by atoms with Crippen molar-refractivity contribution < 1.29 is 9.90 Å². The first-order chi connectivity index (χ1) is 13.0. The quantitative estimate of drug-likeness (QED) is 0.849. The molecule has 2 aromatic rings. The van der Waals surface area contributed by atoms with Crippen molar-refractivity contribution in [2.75, 3.05) is 18.0 Å². The zero-order valence-corrected chi connectivity index (χ0v) is 15.7. The van der Waals surface area contributed by atoms with Crippen molar-refractivity contribution in [3.05, 3.63) is 47.0 Å². The van der Waals surface area contributed by atoms with E-state index in [1.807, 2.05) is 0 Å². The highest BCUT2D eigenvalue weighted by Crippen LogP contribution is 2.40. The standard InChI is InChI=1S/C21H26N4O2/c1-13-20(26)19(21(22)27)24-18(23-13)12-14-8-10-25(11-9-14)17-6-4-16(5-7-17)15-2-3-15/h4-7,14-15,26H,2-3,8-12H2,1H3,(H2,22,27). The van der Waals surface area contributed by atoms with E-state index in [1.54, 1.807) is 6.92 Å². The van der Waals surface area contributed by atoms with Gasteiger partial charge in [-0.3, -0.25) is 4.79 Å². The maximum Gasteiger partial charge on any atom is 0.271 e. The molecule has 0 unspecified atom stereocenters. The van der Waals surface area contributed by atoms with Crippen LogP contribution in [0.3, 0.4) is 0 Å². The van der Waals surface area contributed by atoms with Gasteiger partial charge in [0.25, 0.3) is 5.91 Å². The monoisotopic (exact) mass is 366 g/mol. The van der Waals surface area contributed by atoms with Crippen LogP contribution in [0, 0.1) is 12.8 Å². The van der Waals surface area contributed by atoms with Gasteiger partial charge < -0.3 is 15.7 Å². The van der Waals surface area contributed by atoms with Crippen molar-refractivity contribution in [1.82, 2.24) is 9.97 Å². The average Bonchev–Trinajstić information content (AvgIpc) is 3.50. The number of hydrogen-bond acceptors (Lipinski definition) is 5. The molecule has 4 rings (SSSR count). The van der Waals surface area contributed by atoms with Crippen LogP contribution in [0.4, 0.5) is 5.69 Å². The molecule has 2 fully saturated rings. The summed E-state index contributed by atoms with van der Waals surface area (Å²) in [6, 6.07) is 9.05. The van der Waals surface area contributed by atoms with E-state index in [2.05, 4.69) is 39.1 Å². The fraction of sp³-hybridized carbons (Fsp3) is 0.476. The summed E-state index contributed by atoms with van der Waals surface area (Å²) < 4.78 is 0. The van der Waals surface area contributed by atoms with Crippen LogP contribution >= 0.6 is 0 Å². The third kappa shape index (κ3) is 3.89. The van der Waals surface area contributed by atoms with Gasteiger partial charge in [-0.2, -0.15) is 0 Å². The van der Waals surface area contributed by atoms with Crippen LogP contribution < -0.4 is 10.6 Å². The van der Waals surface area contributed by atoms with Crippen molar-refractivity contribution >= 4 is 11.6 Å². The Bertz CT molecular complexity index is 838. The number of aromatic nitrogens is 2. The molecule has 1 saturated carbocycles. The number of nitrogens with two attached hydrogens (primary N) is 1.